The summed E-state index contributed by atoms with van der Waals surface area (Å²) in [6.07, 6.45) is 9.71. The highest BCUT2D eigenvalue weighted by Gasteiger charge is 2.21. The lowest BCUT2D eigenvalue weighted by atomic mass is 10.0. The molecule has 1 N–H and O–H groups in total. The van der Waals surface area contributed by atoms with Gasteiger partial charge >= 0.3 is 0 Å². The Morgan fingerprint density at radius 3 is 2.38 bits per heavy atom. The Morgan fingerprint density at radius 2 is 1.67 bits per heavy atom. The monoisotopic (exact) mass is 286 g/mol. The van der Waals surface area contributed by atoms with Gasteiger partial charge in [0, 0.05) is 12.6 Å². The number of hydrogen-bond acceptors (Lipinski definition) is 2. The quantitative estimate of drug-likeness (QED) is 0.861. The van der Waals surface area contributed by atoms with E-state index >= 15 is 0 Å². The summed E-state index contributed by atoms with van der Waals surface area (Å²) in [5.74, 6) is 0.973. The van der Waals surface area contributed by atoms with Crippen molar-refractivity contribution in [3.63, 3.8) is 0 Å². The van der Waals surface area contributed by atoms with Crippen molar-refractivity contribution in [2.45, 2.75) is 51.0 Å². The summed E-state index contributed by atoms with van der Waals surface area (Å²) in [4.78, 5) is 2.64. The van der Waals surface area contributed by atoms with Crippen molar-refractivity contribution in [3.8, 4) is 0 Å². The van der Waals surface area contributed by atoms with Gasteiger partial charge in [0.1, 0.15) is 0 Å². The molecule has 1 aliphatic heterocycles. The van der Waals surface area contributed by atoms with Gasteiger partial charge in [-0.05, 0) is 63.2 Å². The Labute approximate surface area is 129 Å². The fourth-order valence-corrected chi connectivity index (χ4v) is 3.84. The number of rotatable bonds is 6. The Balaban J connectivity index is 1.31. The zero-order valence-electron chi connectivity index (χ0n) is 13.3. The predicted molar refractivity (Wildman–Crippen MR) is 89.6 cm³/mol. The van der Waals surface area contributed by atoms with E-state index in [0.717, 1.165) is 12.0 Å². The van der Waals surface area contributed by atoms with E-state index in [-0.39, 0.29) is 0 Å². The maximum absolute atomic E-state index is 3.83. The van der Waals surface area contributed by atoms with Crippen LogP contribution in [0.25, 0.3) is 0 Å². The minimum absolute atomic E-state index is 0.776. The molecule has 1 saturated carbocycles. The second kappa shape index (κ2) is 7.95. The van der Waals surface area contributed by atoms with E-state index in [1.165, 1.54) is 76.7 Å². The van der Waals surface area contributed by atoms with Crippen molar-refractivity contribution in [2.24, 2.45) is 5.92 Å². The molecule has 3 rings (SSSR count). The van der Waals surface area contributed by atoms with Gasteiger partial charge < -0.3 is 10.2 Å². The van der Waals surface area contributed by atoms with Crippen LogP contribution in [0.3, 0.4) is 0 Å². The number of benzene rings is 1. The van der Waals surface area contributed by atoms with Gasteiger partial charge in [-0.2, -0.15) is 0 Å². The van der Waals surface area contributed by atoms with Crippen LogP contribution in [0.1, 0.15) is 44.1 Å². The molecule has 1 saturated heterocycles. The number of hydrogen-bond donors (Lipinski definition) is 1. The molecular weight excluding hydrogens is 256 g/mol. The van der Waals surface area contributed by atoms with Crippen LogP contribution in [0.5, 0.6) is 0 Å². The van der Waals surface area contributed by atoms with Crippen molar-refractivity contribution < 1.29 is 0 Å². The third kappa shape index (κ3) is 4.82. The average Bonchev–Trinajstić information content (AvgIpc) is 3.06. The zero-order chi connectivity index (χ0) is 14.3. The Hall–Kier alpha value is -0.860. The normalized spacial score (nSPS) is 21.9. The lowest BCUT2D eigenvalue weighted by molar-refractivity contribution is 0.196. The third-order valence-corrected chi connectivity index (χ3v) is 5.32. The van der Waals surface area contributed by atoms with Crippen molar-refractivity contribution in [1.29, 1.82) is 0 Å². The van der Waals surface area contributed by atoms with E-state index in [0.29, 0.717) is 0 Å². The number of nitrogens with zero attached hydrogens (tertiary/aromatic N) is 1. The van der Waals surface area contributed by atoms with E-state index in [1.54, 1.807) is 0 Å². The number of likely N-dealkylation sites (tertiary alicyclic amines) is 1. The predicted octanol–water partition coefficient (Wildman–Crippen LogP) is 3.47. The van der Waals surface area contributed by atoms with Gasteiger partial charge in [0.25, 0.3) is 0 Å². The van der Waals surface area contributed by atoms with E-state index in [4.69, 9.17) is 0 Å². The molecule has 0 aromatic heterocycles. The average molecular weight is 286 g/mol. The summed E-state index contributed by atoms with van der Waals surface area (Å²) in [6.45, 7) is 5.04. The van der Waals surface area contributed by atoms with Gasteiger partial charge in [-0.3, -0.25) is 0 Å². The summed E-state index contributed by atoms with van der Waals surface area (Å²) in [5.41, 5.74) is 1.47. The topological polar surface area (TPSA) is 15.3 Å². The van der Waals surface area contributed by atoms with Gasteiger partial charge in [-0.15, -0.1) is 0 Å². The molecule has 1 aromatic rings. The first-order valence-electron chi connectivity index (χ1n) is 8.90. The Morgan fingerprint density at radius 1 is 0.952 bits per heavy atom. The minimum Gasteiger partial charge on any atom is -0.314 e. The standard InChI is InChI=1S/C19H30N2/c1-2-6-17(7-3-1)10-13-21-14-11-19(12-15-21)20-16-18-8-4-5-9-18/h1-3,6-7,18-20H,4-5,8-16H2. The highest BCUT2D eigenvalue weighted by Crippen LogP contribution is 2.24. The zero-order valence-corrected chi connectivity index (χ0v) is 13.3. The first kappa shape index (κ1) is 15.1. The molecular formula is C19H30N2. The van der Waals surface area contributed by atoms with Crippen LogP contribution in [-0.2, 0) is 6.42 Å². The third-order valence-electron chi connectivity index (χ3n) is 5.32. The highest BCUT2D eigenvalue weighted by atomic mass is 15.1. The molecule has 21 heavy (non-hydrogen) atoms. The summed E-state index contributed by atoms with van der Waals surface area (Å²) in [5, 5.41) is 3.83. The first-order valence-corrected chi connectivity index (χ1v) is 8.90. The second-order valence-corrected chi connectivity index (χ2v) is 6.91. The SMILES string of the molecule is c1ccc(CCN2CCC(NCC3CCCC3)CC2)cc1. The fourth-order valence-electron chi connectivity index (χ4n) is 3.84. The molecule has 0 amide bonds. The van der Waals surface area contributed by atoms with Crippen molar-refractivity contribution in [3.05, 3.63) is 35.9 Å². The second-order valence-electron chi connectivity index (χ2n) is 6.91. The largest absolute Gasteiger partial charge is 0.314 e. The van der Waals surface area contributed by atoms with E-state index < -0.39 is 0 Å². The van der Waals surface area contributed by atoms with Gasteiger partial charge in [0.15, 0.2) is 0 Å². The van der Waals surface area contributed by atoms with Crippen LogP contribution < -0.4 is 5.32 Å². The summed E-state index contributed by atoms with van der Waals surface area (Å²) < 4.78 is 0. The van der Waals surface area contributed by atoms with E-state index in [1.807, 2.05) is 0 Å². The van der Waals surface area contributed by atoms with E-state index in [9.17, 15) is 0 Å². The van der Waals surface area contributed by atoms with Crippen LogP contribution in [-0.4, -0.2) is 37.1 Å². The molecule has 0 bridgehead atoms. The highest BCUT2D eigenvalue weighted by molar-refractivity contribution is 5.14. The Bertz CT molecular complexity index is 389. The maximum atomic E-state index is 3.83. The molecule has 2 fully saturated rings. The Kier molecular flexibility index (Phi) is 5.70. The lowest BCUT2D eigenvalue weighted by Crippen LogP contribution is -2.44. The van der Waals surface area contributed by atoms with Crippen LogP contribution in [0, 0.1) is 5.92 Å². The molecule has 0 spiro atoms. The van der Waals surface area contributed by atoms with E-state index in [2.05, 4.69) is 40.5 Å². The summed E-state index contributed by atoms with van der Waals surface area (Å²) in [7, 11) is 0. The van der Waals surface area contributed by atoms with Crippen LogP contribution in [0.4, 0.5) is 0 Å². The molecule has 2 aliphatic rings. The van der Waals surface area contributed by atoms with Crippen LogP contribution in [0.2, 0.25) is 0 Å². The maximum Gasteiger partial charge on any atom is 0.00915 e. The van der Waals surface area contributed by atoms with Crippen molar-refractivity contribution >= 4 is 0 Å². The van der Waals surface area contributed by atoms with Gasteiger partial charge in [-0.25, -0.2) is 0 Å². The molecule has 0 unspecified atom stereocenters. The van der Waals surface area contributed by atoms with Gasteiger partial charge in [0.05, 0.1) is 0 Å². The smallest absolute Gasteiger partial charge is 0.00915 e. The molecule has 0 radical (unpaired) electrons. The summed E-state index contributed by atoms with van der Waals surface area (Å²) in [6, 6.07) is 11.7. The molecule has 1 aromatic carbocycles. The van der Waals surface area contributed by atoms with Crippen molar-refractivity contribution in [1.82, 2.24) is 10.2 Å². The molecule has 2 nitrogen and oxygen atoms in total. The molecule has 0 atom stereocenters. The number of nitrogens with one attached hydrogen (secondary N) is 1. The number of piperidine rings is 1. The van der Waals surface area contributed by atoms with Gasteiger partial charge in [-0.1, -0.05) is 43.2 Å². The van der Waals surface area contributed by atoms with Crippen LogP contribution >= 0.6 is 0 Å². The molecule has 1 heterocycles. The van der Waals surface area contributed by atoms with Gasteiger partial charge in [0.2, 0.25) is 0 Å². The van der Waals surface area contributed by atoms with Crippen LogP contribution in [0.15, 0.2) is 30.3 Å². The fraction of sp³-hybridized carbons (Fsp3) is 0.684. The minimum atomic E-state index is 0.776. The molecule has 1 aliphatic carbocycles. The first-order chi connectivity index (χ1) is 10.4. The molecule has 116 valence electrons. The summed E-state index contributed by atoms with van der Waals surface area (Å²) >= 11 is 0. The van der Waals surface area contributed by atoms with Crippen molar-refractivity contribution in [2.75, 3.05) is 26.2 Å². The lowest BCUT2D eigenvalue weighted by Gasteiger charge is -2.33. The molecule has 2 heteroatoms.